The summed E-state index contributed by atoms with van der Waals surface area (Å²) in [7, 11) is 4.01. The predicted molar refractivity (Wildman–Crippen MR) is 103 cm³/mol. The van der Waals surface area contributed by atoms with Crippen molar-refractivity contribution in [2.24, 2.45) is 5.92 Å². The Balaban J connectivity index is 2.73. The van der Waals surface area contributed by atoms with Crippen molar-refractivity contribution in [3.05, 3.63) is 47.5 Å². The van der Waals surface area contributed by atoms with Gasteiger partial charge in [0.2, 0.25) is 0 Å². The van der Waals surface area contributed by atoms with Gasteiger partial charge in [0.05, 0.1) is 0 Å². The number of nitrogens with zero attached hydrogens (tertiary/aromatic N) is 1. The summed E-state index contributed by atoms with van der Waals surface area (Å²) >= 11 is 0. The van der Waals surface area contributed by atoms with Crippen LogP contribution in [-0.4, -0.2) is 46.0 Å². The lowest BCUT2D eigenvalue weighted by Crippen LogP contribution is -2.39. The van der Waals surface area contributed by atoms with Gasteiger partial charge in [0.15, 0.2) is 0 Å². The Morgan fingerprint density at radius 1 is 0.808 bits per heavy atom. The molecule has 0 saturated carbocycles. The van der Waals surface area contributed by atoms with Gasteiger partial charge in [-0.15, -0.1) is 0 Å². The Bertz CT molecular complexity index is 666. The number of hydrogen-bond acceptors (Lipinski definition) is 5. The van der Waals surface area contributed by atoms with Gasteiger partial charge in [0.25, 0.3) is 0 Å². The highest BCUT2D eigenvalue weighted by Gasteiger charge is 2.38. The second kappa shape index (κ2) is 7.87. The molecule has 0 aliphatic heterocycles. The third-order valence-electron chi connectivity index (χ3n) is 5.04. The maximum absolute atomic E-state index is 10.0. The molecule has 0 spiro atoms. The smallest absolute Gasteiger partial charge is 0.119 e. The number of hydrogen-bond donors (Lipinski definition) is 4. The second-order valence-corrected chi connectivity index (χ2v) is 7.43. The van der Waals surface area contributed by atoms with E-state index in [1.165, 1.54) is 12.1 Å². The number of phenolic OH excluding ortho intramolecular Hbond substituents is 4. The van der Waals surface area contributed by atoms with Crippen LogP contribution in [0.5, 0.6) is 23.0 Å². The van der Waals surface area contributed by atoms with Crippen LogP contribution in [0.4, 0.5) is 0 Å². The highest BCUT2D eigenvalue weighted by molar-refractivity contribution is 5.50. The largest absolute Gasteiger partial charge is 0.508 e. The minimum absolute atomic E-state index is 0.0179. The molecular weight excluding hydrogens is 330 g/mol. The molecular formula is C21H29NO4. The maximum Gasteiger partial charge on any atom is 0.119 e. The quantitative estimate of drug-likeness (QED) is 0.604. The van der Waals surface area contributed by atoms with Crippen LogP contribution in [0, 0.1) is 5.92 Å². The van der Waals surface area contributed by atoms with E-state index in [9.17, 15) is 20.4 Å². The normalized spacial score (nSPS) is 13.1. The van der Waals surface area contributed by atoms with Crippen molar-refractivity contribution in [1.29, 1.82) is 0 Å². The lowest BCUT2D eigenvalue weighted by molar-refractivity contribution is 0.234. The average molecular weight is 359 g/mol. The second-order valence-electron chi connectivity index (χ2n) is 7.43. The Kier molecular flexibility index (Phi) is 6.03. The molecule has 0 aliphatic rings. The van der Waals surface area contributed by atoms with Crippen molar-refractivity contribution >= 4 is 0 Å². The van der Waals surface area contributed by atoms with E-state index in [1.54, 1.807) is 24.3 Å². The van der Waals surface area contributed by atoms with Crippen LogP contribution in [0.3, 0.4) is 0 Å². The summed E-state index contributed by atoms with van der Waals surface area (Å²) in [5, 5.41) is 40.2. The van der Waals surface area contributed by atoms with Gasteiger partial charge in [-0.25, -0.2) is 0 Å². The van der Waals surface area contributed by atoms with Crippen molar-refractivity contribution in [2.75, 3.05) is 20.6 Å². The third-order valence-corrected chi connectivity index (χ3v) is 5.04. The number of benzene rings is 2. The van der Waals surface area contributed by atoms with E-state index < -0.39 is 5.41 Å². The van der Waals surface area contributed by atoms with Crippen molar-refractivity contribution in [3.8, 4) is 23.0 Å². The lowest BCUT2D eigenvalue weighted by atomic mass is 9.65. The molecule has 0 bridgehead atoms. The molecule has 26 heavy (non-hydrogen) atoms. The van der Waals surface area contributed by atoms with Crippen molar-refractivity contribution in [1.82, 2.24) is 4.90 Å². The van der Waals surface area contributed by atoms with Gasteiger partial charge < -0.3 is 25.3 Å². The van der Waals surface area contributed by atoms with Crippen LogP contribution in [0.1, 0.15) is 37.8 Å². The molecule has 142 valence electrons. The first-order valence-electron chi connectivity index (χ1n) is 8.88. The minimum atomic E-state index is -0.632. The van der Waals surface area contributed by atoms with Crippen molar-refractivity contribution in [2.45, 2.75) is 32.1 Å². The van der Waals surface area contributed by atoms with Crippen molar-refractivity contribution < 1.29 is 20.4 Å². The Hall–Kier alpha value is -2.40. The van der Waals surface area contributed by atoms with E-state index in [0.717, 1.165) is 30.5 Å². The number of phenols is 4. The molecule has 0 amide bonds. The fourth-order valence-electron chi connectivity index (χ4n) is 3.78. The Morgan fingerprint density at radius 3 is 1.50 bits per heavy atom. The topological polar surface area (TPSA) is 84.2 Å². The fraction of sp³-hybridized carbons (Fsp3) is 0.429. The molecule has 2 aromatic rings. The summed E-state index contributed by atoms with van der Waals surface area (Å²) in [5.74, 6) is 0.0581. The zero-order valence-electron chi connectivity index (χ0n) is 15.9. The van der Waals surface area contributed by atoms with Gasteiger partial charge >= 0.3 is 0 Å². The molecule has 1 unspecified atom stereocenters. The first kappa shape index (κ1) is 19.9. The molecule has 2 rings (SSSR count). The molecule has 0 aliphatic carbocycles. The van der Waals surface area contributed by atoms with Crippen LogP contribution in [0.15, 0.2) is 36.4 Å². The monoisotopic (exact) mass is 359 g/mol. The molecule has 0 radical (unpaired) electrons. The van der Waals surface area contributed by atoms with Gasteiger partial charge in [-0.2, -0.15) is 0 Å². The number of aromatic hydroxyl groups is 4. The molecule has 0 aromatic heterocycles. The predicted octanol–water partition coefficient (Wildman–Crippen LogP) is 3.79. The molecule has 0 saturated heterocycles. The van der Waals surface area contributed by atoms with E-state index in [1.807, 2.05) is 21.0 Å². The molecule has 1 atom stereocenters. The maximum atomic E-state index is 10.0. The van der Waals surface area contributed by atoms with Gasteiger partial charge in [-0.3, -0.25) is 0 Å². The van der Waals surface area contributed by atoms with E-state index >= 15 is 0 Å². The number of rotatable bonds is 7. The van der Waals surface area contributed by atoms with E-state index in [-0.39, 0.29) is 28.9 Å². The van der Waals surface area contributed by atoms with Crippen LogP contribution in [0.25, 0.3) is 0 Å². The minimum Gasteiger partial charge on any atom is -0.508 e. The zero-order valence-corrected chi connectivity index (χ0v) is 15.9. The Labute approximate surface area is 155 Å². The molecule has 5 nitrogen and oxygen atoms in total. The van der Waals surface area contributed by atoms with Gasteiger partial charge in [-0.1, -0.05) is 20.3 Å². The van der Waals surface area contributed by atoms with Gasteiger partial charge in [0, 0.05) is 24.1 Å². The molecule has 2 aromatic carbocycles. The average Bonchev–Trinajstić information content (AvgIpc) is 2.51. The highest BCUT2D eigenvalue weighted by atomic mass is 16.3. The van der Waals surface area contributed by atoms with Crippen LogP contribution >= 0.6 is 0 Å². The fourth-order valence-corrected chi connectivity index (χ4v) is 3.78. The van der Waals surface area contributed by atoms with E-state index in [2.05, 4.69) is 11.8 Å². The SMILES string of the molecule is CCCC(CN(C)C)C(C)(c1cc(O)cc(O)c1)c1cc(O)cc(O)c1. The molecule has 0 heterocycles. The molecule has 0 fully saturated rings. The van der Waals surface area contributed by atoms with Crippen molar-refractivity contribution in [3.63, 3.8) is 0 Å². The summed E-state index contributed by atoms with van der Waals surface area (Å²) in [6.45, 7) is 4.92. The third kappa shape index (κ3) is 4.22. The summed E-state index contributed by atoms with van der Waals surface area (Å²) < 4.78 is 0. The summed E-state index contributed by atoms with van der Waals surface area (Å²) in [6.07, 6.45) is 1.87. The first-order valence-corrected chi connectivity index (χ1v) is 8.88. The molecule has 5 heteroatoms. The first-order chi connectivity index (χ1) is 12.2. The highest BCUT2D eigenvalue weighted by Crippen LogP contribution is 2.45. The van der Waals surface area contributed by atoms with Crippen LogP contribution < -0.4 is 0 Å². The van der Waals surface area contributed by atoms with E-state index in [0.29, 0.717) is 0 Å². The van der Waals surface area contributed by atoms with Gasteiger partial charge in [0.1, 0.15) is 23.0 Å². The van der Waals surface area contributed by atoms with Crippen LogP contribution in [0.2, 0.25) is 0 Å². The van der Waals surface area contributed by atoms with E-state index in [4.69, 9.17) is 0 Å². The summed E-state index contributed by atoms with van der Waals surface area (Å²) in [6, 6.07) is 9.14. The zero-order chi connectivity index (χ0) is 19.5. The summed E-state index contributed by atoms with van der Waals surface area (Å²) in [4.78, 5) is 2.10. The standard InChI is InChI=1S/C21H29NO4/c1-5-6-14(13-22(3)4)21(2,15-7-17(23)11-18(24)8-15)16-9-19(25)12-20(26)10-16/h7-12,14,23-26H,5-6,13H2,1-4H3. The summed E-state index contributed by atoms with van der Waals surface area (Å²) in [5.41, 5.74) is 0.841. The Morgan fingerprint density at radius 2 is 1.19 bits per heavy atom. The lowest BCUT2D eigenvalue weighted by Gasteiger charge is -2.40. The van der Waals surface area contributed by atoms with Crippen LogP contribution in [-0.2, 0) is 5.41 Å². The molecule has 4 N–H and O–H groups in total. The van der Waals surface area contributed by atoms with Gasteiger partial charge in [-0.05, 0) is 61.8 Å².